The van der Waals surface area contributed by atoms with E-state index in [9.17, 15) is 9.90 Å². The number of allylic oxidation sites excluding steroid dienone is 1. The van der Waals surface area contributed by atoms with Crippen molar-refractivity contribution in [3.63, 3.8) is 0 Å². The van der Waals surface area contributed by atoms with Crippen molar-refractivity contribution in [2.45, 2.75) is 96.6 Å². The molecule has 1 aliphatic rings. The second kappa shape index (κ2) is 10.0. The van der Waals surface area contributed by atoms with Crippen LogP contribution >= 0.6 is 0 Å². The van der Waals surface area contributed by atoms with E-state index in [1.165, 1.54) is 0 Å². The number of rotatable bonds is 10. The van der Waals surface area contributed by atoms with Gasteiger partial charge in [0.15, 0.2) is 8.32 Å². The highest BCUT2D eigenvalue weighted by Gasteiger charge is 2.46. The molecule has 1 saturated carbocycles. The predicted octanol–water partition coefficient (Wildman–Crippen LogP) is 5.66. The Labute approximate surface area is 162 Å². The van der Waals surface area contributed by atoms with Crippen LogP contribution in [-0.4, -0.2) is 31.4 Å². The first-order valence-corrected chi connectivity index (χ1v) is 13.1. The minimum Gasteiger partial charge on any atom is -0.413 e. The number of hydrogen-bond acceptors (Lipinski definition) is 3. The van der Waals surface area contributed by atoms with Crippen molar-refractivity contribution in [3.05, 3.63) is 24.8 Å². The Morgan fingerprint density at radius 3 is 2.54 bits per heavy atom. The van der Waals surface area contributed by atoms with Crippen LogP contribution in [0.5, 0.6) is 0 Å². The predicted molar refractivity (Wildman–Crippen MR) is 113 cm³/mol. The Morgan fingerprint density at radius 2 is 2.00 bits per heavy atom. The summed E-state index contributed by atoms with van der Waals surface area (Å²) in [4.78, 5) is 12.6. The van der Waals surface area contributed by atoms with Gasteiger partial charge in [0.1, 0.15) is 5.78 Å². The van der Waals surface area contributed by atoms with Crippen LogP contribution in [0.1, 0.15) is 66.2 Å². The van der Waals surface area contributed by atoms with Crippen molar-refractivity contribution in [1.82, 2.24) is 0 Å². The Bertz CT molecular complexity index is 490. The number of Topliss-reactive ketones (excluding diaryl/α,β-unsaturated/α-hetero) is 1. The molecule has 1 rings (SSSR count). The molecule has 1 fully saturated rings. The van der Waals surface area contributed by atoms with Crippen molar-refractivity contribution >= 4 is 14.1 Å². The number of aliphatic hydroxyl groups is 1. The van der Waals surface area contributed by atoms with E-state index in [1.54, 1.807) is 0 Å². The van der Waals surface area contributed by atoms with Gasteiger partial charge in [0.25, 0.3) is 0 Å². The lowest BCUT2D eigenvalue weighted by Gasteiger charge is -2.39. The summed E-state index contributed by atoms with van der Waals surface area (Å²) in [7, 11) is -1.95. The van der Waals surface area contributed by atoms with Crippen LogP contribution in [-0.2, 0) is 9.22 Å². The van der Waals surface area contributed by atoms with Gasteiger partial charge in [-0.05, 0) is 31.0 Å². The van der Waals surface area contributed by atoms with Crippen LogP contribution in [0.4, 0.5) is 0 Å². The molecular weight excluding hydrogens is 340 g/mol. The van der Waals surface area contributed by atoms with E-state index in [0.717, 1.165) is 25.7 Å². The molecule has 150 valence electrons. The highest BCUT2D eigenvalue weighted by atomic mass is 28.4. The Kier molecular flexibility index (Phi) is 8.97. The molecule has 0 heterocycles. The zero-order chi connectivity index (χ0) is 20.0. The largest absolute Gasteiger partial charge is 0.413 e. The highest BCUT2D eigenvalue weighted by molar-refractivity contribution is 6.74. The first-order chi connectivity index (χ1) is 12.0. The van der Waals surface area contributed by atoms with Crippen LogP contribution in [0.2, 0.25) is 18.1 Å². The summed E-state index contributed by atoms with van der Waals surface area (Å²) >= 11 is 0. The van der Waals surface area contributed by atoms with Gasteiger partial charge >= 0.3 is 0 Å². The molecule has 0 amide bonds. The van der Waals surface area contributed by atoms with E-state index in [1.807, 2.05) is 18.2 Å². The molecule has 0 saturated heterocycles. The van der Waals surface area contributed by atoms with Crippen molar-refractivity contribution < 1.29 is 14.3 Å². The molecule has 3 nitrogen and oxygen atoms in total. The van der Waals surface area contributed by atoms with Gasteiger partial charge in [0.2, 0.25) is 0 Å². The van der Waals surface area contributed by atoms with Crippen molar-refractivity contribution in [2.75, 3.05) is 0 Å². The molecule has 4 atom stereocenters. The number of hydrogen-bond donors (Lipinski definition) is 1. The third-order valence-electron chi connectivity index (χ3n) is 6.04. The molecule has 0 unspecified atom stereocenters. The standard InChI is InChI=1S/C22H40O3Si/c1-8-10-11-13-17(23)14-15-19-18(12-9-2)20(24)16-21(19)25-26(6,7)22(3,4)5/h9,14-15,17-19,21,23H,2,8,10-13,16H2,1,3-7H3/b15-14+/t17-,18+,19+,21+/m0/s1. The zero-order valence-corrected chi connectivity index (χ0v) is 18.8. The zero-order valence-electron chi connectivity index (χ0n) is 17.8. The fourth-order valence-corrected chi connectivity index (χ4v) is 4.67. The lowest BCUT2D eigenvalue weighted by Crippen LogP contribution is -2.45. The minimum atomic E-state index is -1.95. The van der Waals surface area contributed by atoms with Crippen LogP contribution in [0.25, 0.3) is 0 Å². The lowest BCUT2D eigenvalue weighted by atomic mass is 9.90. The first kappa shape index (κ1) is 23.3. The fraction of sp³-hybridized carbons (Fsp3) is 0.773. The van der Waals surface area contributed by atoms with Crippen LogP contribution < -0.4 is 0 Å². The SMILES string of the molecule is C=CC[C@H]1C(=O)C[C@@H](O[Si](C)(C)C(C)(C)C)[C@@H]1/C=C/[C@@H](O)CCCCC. The van der Waals surface area contributed by atoms with Gasteiger partial charge in [-0.25, -0.2) is 0 Å². The normalized spacial score (nSPS) is 25.8. The fourth-order valence-electron chi connectivity index (χ4n) is 3.32. The molecule has 26 heavy (non-hydrogen) atoms. The summed E-state index contributed by atoms with van der Waals surface area (Å²) in [5.41, 5.74) is 0. The van der Waals surface area contributed by atoms with E-state index < -0.39 is 14.4 Å². The summed E-state index contributed by atoms with van der Waals surface area (Å²) in [5.74, 6) is 0.237. The molecule has 0 aromatic carbocycles. The van der Waals surface area contributed by atoms with E-state index in [0.29, 0.717) is 12.8 Å². The molecule has 0 bridgehead atoms. The third kappa shape index (κ3) is 6.47. The Hall–Kier alpha value is -0.713. The number of aliphatic hydroxyl groups excluding tert-OH is 1. The first-order valence-electron chi connectivity index (χ1n) is 10.2. The maximum absolute atomic E-state index is 12.6. The maximum atomic E-state index is 12.6. The van der Waals surface area contributed by atoms with Crippen molar-refractivity contribution in [1.29, 1.82) is 0 Å². The van der Waals surface area contributed by atoms with Gasteiger partial charge in [0.05, 0.1) is 12.2 Å². The van der Waals surface area contributed by atoms with Gasteiger partial charge in [-0.15, -0.1) is 6.58 Å². The summed E-state index contributed by atoms with van der Waals surface area (Å²) in [6.07, 6.45) is 10.5. The van der Waals surface area contributed by atoms with Crippen molar-refractivity contribution in [3.8, 4) is 0 Å². The molecule has 1 aliphatic carbocycles. The number of ketones is 1. The maximum Gasteiger partial charge on any atom is 0.192 e. The quantitative estimate of drug-likeness (QED) is 0.302. The minimum absolute atomic E-state index is 0.0375. The van der Waals surface area contributed by atoms with E-state index in [2.05, 4.69) is 47.4 Å². The Balaban J connectivity index is 2.91. The van der Waals surface area contributed by atoms with Gasteiger partial charge in [0, 0.05) is 18.3 Å². The average Bonchev–Trinajstić information content (AvgIpc) is 2.79. The monoisotopic (exact) mass is 380 g/mol. The van der Waals surface area contributed by atoms with Gasteiger partial charge in [-0.2, -0.15) is 0 Å². The number of unbranched alkanes of at least 4 members (excludes halogenated alkanes) is 2. The smallest absolute Gasteiger partial charge is 0.192 e. The average molecular weight is 381 g/mol. The Morgan fingerprint density at radius 1 is 1.35 bits per heavy atom. The molecule has 0 radical (unpaired) electrons. The molecule has 4 heteroatoms. The molecule has 0 aliphatic heterocycles. The second-order valence-corrected chi connectivity index (χ2v) is 14.0. The molecule has 0 aromatic rings. The third-order valence-corrected chi connectivity index (χ3v) is 10.5. The topological polar surface area (TPSA) is 46.5 Å². The van der Waals surface area contributed by atoms with Crippen LogP contribution in [0.3, 0.4) is 0 Å². The van der Waals surface area contributed by atoms with Gasteiger partial charge in [-0.1, -0.05) is 65.2 Å². The summed E-state index contributed by atoms with van der Waals surface area (Å²) in [5, 5.41) is 10.4. The van der Waals surface area contributed by atoms with Crippen LogP contribution in [0, 0.1) is 11.8 Å². The van der Waals surface area contributed by atoms with Crippen molar-refractivity contribution in [2.24, 2.45) is 11.8 Å². The number of carbonyl (C=O) groups is 1. The highest BCUT2D eigenvalue weighted by Crippen LogP contribution is 2.42. The van der Waals surface area contributed by atoms with E-state index in [-0.39, 0.29) is 28.8 Å². The van der Waals surface area contributed by atoms with E-state index >= 15 is 0 Å². The van der Waals surface area contributed by atoms with Crippen LogP contribution in [0.15, 0.2) is 24.8 Å². The summed E-state index contributed by atoms with van der Waals surface area (Å²) < 4.78 is 6.60. The van der Waals surface area contributed by atoms with Gasteiger partial charge in [-0.3, -0.25) is 4.79 Å². The molecule has 0 aromatic heterocycles. The van der Waals surface area contributed by atoms with Gasteiger partial charge < -0.3 is 9.53 Å². The molecular formula is C22H40O3Si. The summed E-state index contributed by atoms with van der Waals surface area (Å²) in [6.45, 7) is 17.1. The van der Waals surface area contributed by atoms with E-state index in [4.69, 9.17) is 4.43 Å². The molecule has 1 N–H and O–H groups in total. The number of carbonyl (C=O) groups excluding carboxylic acids is 1. The second-order valence-electron chi connectivity index (χ2n) is 9.24. The molecule has 0 spiro atoms. The lowest BCUT2D eigenvalue weighted by molar-refractivity contribution is -0.121. The summed E-state index contributed by atoms with van der Waals surface area (Å²) in [6, 6.07) is 0.